The van der Waals surface area contributed by atoms with Crippen LogP contribution in [0.2, 0.25) is 0 Å². The molecular formula is C32H46O2. The van der Waals surface area contributed by atoms with E-state index in [4.69, 9.17) is 9.47 Å². The van der Waals surface area contributed by atoms with Gasteiger partial charge < -0.3 is 9.47 Å². The van der Waals surface area contributed by atoms with E-state index in [1.54, 1.807) is 5.56 Å². The summed E-state index contributed by atoms with van der Waals surface area (Å²) in [5.74, 6) is 3.33. The fourth-order valence-electron chi connectivity index (χ4n) is 6.80. The van der Waals surface area contributed by atoms with E-state index in [0.717, 1.165) is 17.6 Å². The molecule has 5 rings (SSSR count). The normalized spacial score (nSPS) is 28.6. The van der Waals surface area contributed by atoms with E-state index in [-0.39, 0.29) is 0 Å². The Labute approximate surface area is 208 Å². The molecule has 0 radical (unpaired) electrons. The Morgan fingerprint density at radius 1 is 0.971 bits per heavy atom. The van der Waals surface area contributed by atoms with Crippen molar-refractivity contribution in [2.45, 2.75) is 91.8 Å². The van der Waals surface area contributed by atoms with E-state index < -0.39 is 0 Å². The lowest BCUT2D eigenvalue weighted by Gasteiger charge is -2.50. The zero-order valence-electron chi connectivity index (χ0n) is 22.2. The molecule has 0 amide bonds. The topological polar surface area (TPSA) is 18.5 Å². The monoisotopic (exact) mass is 462 g/mol. The summed E-state index contributed by atoms with van der Waals surface area (Å²) in [5.41, 5.74) is 4.68. The number of rotatable bonds is 6. The summed E-state index contributed by atoms with van der Waals surface area (Å²) in [6, 6.07) is 17.3. The van der Waals surface area contributed by atoms with Crippen LogP contribution in [0.5, 0.6) is 5.75 Å². The van der Waals surface area contributed by atoms with Gasteiger partial charge in [0.15, 0.2) is 0 Å². The summed E-state index contributed by atoms with van der Waals surface area (Å²) in [4.78, 5) is 0. The molecule has 186 valence electrons. The van der Waals surface area contributed by atoms with Crippen LogP contribution in [0.4, 0.5) is 0 Å². The molecule has 2 aromatic rings. The van der Waals surface area contributed by atoms with E-state index in [1.807, 2.05) is 39.8 Å². The number of hydrogen-bond acceptors (Lipinski definition) is 2. The predicted octanol–water partition coefficient (Wildman–Crippen LogP) is 8.75. The van der Waals surface area contributed by atoms with Crippen LogP contribution in [0.15, 0.2) is 61.2 Å². The van der Waals surface area contributed by atoms with Gasteiger partial charge in [0, 0.05) is 0 Å². The third-order valence-corrected chi connectivity index (χ3v) is 8.27. The standard InChI is InChI=1S/C28H34O2.2C2H6/c1-3-17-29-27-14-13-26-25-11-9-21-18-22(30-19-20-7-5-4-6-8-20)10-12-23(21)24(25)15-16-28(26,27)2;2*1-2/h3-8,10,12,18,24-27H,1,9,11,13-17,19H2,2H3;2*1-2H3. The molecule has 0 heterocycles. The van der Waals surface area contributed by atoms with Crippen LogP contribution >= 0.6 is 0 Å². The third kappa shape index (κ3) is 5.43. The van der Waals surface area contributed by atoms with Gasteiger partial charge in [-0.15, -0.1) is 6.58 Å². The van der Waals surface area contributed by atoms with E-state index in [9.17, 15) is 0 Å². The van der Waals surface area contributed by atoms with Crippen LogP contribution in [0, 0.1) is 17.3 Å². The summed E-state index contributed by atoms with van der Waals surface area (Å²) in [7, 11) is 0. The lowest BCUT2D eigenvalue weighted by molar-refractivity contribution is -0.0554. The molecule has 0 N–H and O–H groups in total. The molecule has 0 bridgehead atoms. The Hall–Kier alpha value is -2.06. The van der Waals surface area contributed by atoms with Gasteiger partial charge in [0.1, 0.15) is 12.4 Å². The largest absolute Gasteiger partial charge is 0.489 e. The maximum Gasteiger partial charge on any atom is 0.120 e. The van der Waals surface area contributed by atoms with Crippen LogP contribution < -0.4 is 4.74 Å². The molecule has 0 saturated heterocycles. The maximum atomic E-state index is 6.22. The predicted molar refractivity (Wildman–Crippen MR) is 144 cm³/mol. The van der Waals surface area contributed by atoms with Crippen LogP contribution in [-0.4, -0.2) is 12.7 Å². The lowest BCUT2D eigenvalue weighted by atomic mass is 9.55. The van der Waals surface area contributed by atoms with E-state index >= 15 is 0 Å². The maximum absolute atomic E-state index is 6.22. The molecule has 0 spiro atoms. The molecule has 0 aliphatic heterocycles. The summed E-state index contributed by atoms with van der Waals surface area (Å²) < 4.78 is 12.3. The van der Waals surface area contributed by atoms with Crippen LogP contribution in [0.3, 0.4) is 0 Å². The van der Waals surface area contributed by atoms with Gasteiger partial charge in [0.2, 0.25) is 0 Å². The second-order valence-electron chi connectivity index (χ2n) is 9.78. The number of benzene rings is 2. The second-order valence-corrected chi connectivity index (χ2v) is 9.78. The molecule has 5 unspecified atom stereocenters. The van der Waals surface area contributed by atoms with Gasteiger partial charge in [-0.25, -0.2) is 0 Å². The number of aryl methyl sites for hydroxylation is 1. The number of ether oxygens (including phenoxy) is 2. The molecule has 2 fully saturated rings. The van der Waals surface area contributed by atoms with Gasteiger partial charge in [-0.05, 0) is 90.5 Å². The third-order valence-electron chi connectivity index (χ3n) is 8.27. The summed E-state index contributed by atoms with van der Waals surface area (Å²) in [6.07, 6.45) is 9.94. The first-order valence-corrected chi connectivity index (χ1v) is 13.7. The average Bonchev–Trinajstić information content (AvgIpc) is 3.25. The molecule has 2 nitrogen and oxygen atoms in total. The van der Waals surface area contributed by atoms with Crippen molar-refractivity contribution in [2.75, 3.05) is 6.61 Å². The van der Waals surface area contributed by atoms with Crippen molar-refractivity contribution in [1.29, 1.82) is 0 Å². The summed E-state index contributed by atoms with van der Waals surface area (Å²) >= 11 is 0. The number of fused-ring (bicyclic) bond motifs is 5. The van der Waals surface area contributed by atoms with Crippen molar-refractivity contribution >= 4 is 0 Å². The SMILES string of the molecule is C=CCOC1CCC2C3CCc4cc(OCc5ccccc5)ccc4C3CCC12C.CC.CC. The number of hydrogen-bond donors (Lipinski definition) is 0. The average molecular weight is 463 g/mol. The van der Waals surface area contributed by atoms with Gasteiger partial charge in [-0.1, -0.05) is 77.1 Å². The van der Waals surface area contributed by atoms with Gasteiger partial charge in [0.05, 0.1) is 12.7 Å². The molecule has 3 aliphatic rings. The Kier molecular flexibility index (Phi) is 9.83. The van der Waals surface area contributed by atoms with Crippen LogP contribution in [-0.2, 0) is 17.8 Å². The minimum atomic E-state index is 0.348. The first-order valence-electron chi connectivity index (χ1n) is 13.7. The van der Waals surface area contributed by atoms with E-state index in [2.05, 4.69) is 56.0 Å². The Morgan fingerprint density at radius 2 is 1.74 bits per heavy atom. The molecule has 2 saturated carbocycles. The quantitative estimate of drug-likeness (QED) is 0.399. The first kappa shape index (κ1) is 26.5. The highest BCUT2D eigenvalue weighted by Crippen LogP contribution is 2.61. The van der Waals surface area contributed by atoms with Crippen molar-refractivity contribution in [2.24, 2.45) is 17.3 Å². The zero-order valence-corrected chi connectivity index (χ0v) is 22.2. The highest BCUT2D eigenvalue weighted by atomic mass is 16.5. The van der Waals surface area contributed by atoms with E-state index in [0.29, 0.717) is 30.7 Å². The van der Waals surface area contributed by atoms with E-state index in [1.165, 1.54) is 49.7 Å². The molecule has 2 heteroatoms. The Morgan fingerprint density at radius 3 is 2.47 bits per heavy atom. The highest BCUT2D eigenvalue weighted by Gasteiger charge is 2.55. The minimum Gasteiger partial charge on any atom is -0.489 e. The fourth-order valence-corrected chi connectivity index (χ4v) is 6.80. The smallest absolute Gasteiger partial charge is 0.120 e. The summed E-state index contributed by atoms with van der Waals surface area (Å²) in [5, 5.41) is 0. The Balaban J connectivity index is 0.000000771. The van der Waals surface area contributed by atoms with Gasteiger partial charge in [-0.2, -0.15) is 0 Å². The molecular weight excluding hydrogens is 416 g/mol. The first-order chi connectivity index (χ1) is 16.7. The Bertz CT molecular complexity index is 889. The summed E-state index contributed by atoms with van der Waals surface area (Å²) in [6.45, 7) is 15.7. The molecule has 34 heavy (non-hydrogen) atoms. The van der Waals surface area contributed by atoms with Crippen molar-refractivity contribution in [3.63, 3.8) is 0 Å². The minimum absolute atomic E-state index is 0.348. The van der Waals surface area contributed by atoms with Crippen LogP contribution in [0.25, 0.3) is 0 Å². The fraction of sp³-hybridized carbons (Fsp3) is 0.562. The molecule has 2 aromatic carbocycles. The highest BCUT2D eigenvalue weighted by molar-refractivity contribution is 5.41. The van der Waals surface area contributed by atoms with Crippen molar-refractivity contribution in [3.05, 3.63) is 77.9 Å². The lowest BCUT2D eigenvalue weighted by Crippen LogP contribution is -2.44. The zero-order chi connectivity index (χ0) is 24.6. The van der Waals surface area contributed by atoms with Crippen molar-refractivity contribution in [1.82, 2.24) is 0 Å². The van der Waals surface area contributed by atoms with Gasteiger partial charge in [0.25, 0.3) is 0 Å². The van der Waals surface area contributed by atoms with Crippen LogP contribution in [0.1, 0.15) is 89.3 Å². The second kappa shape index (κ2) is 12.6. The molecule has 0 aromatic heterocycles. The molecule has 3 aliphatic carbocycles. The van der Waals surface area contributed by atoms with Gasteiger partial charge >= 0.3 is 0 Å². The molecule has 5 atom stereocenters. The van der Waals surface area contributed by atoms with Gasteiger partial charge in [-0.3, -0.25) is 0 Å². The van der Waals surface area contributed by atoms with Crippen molar-refractivity contribution < 1.29 is 9.47 Å². The van der Waals surface area contributed by atoms with Crippen molar-refractivity contribution in [3.8, 4) is 5.75 Å².